The predicted octanol–water partition coefficient (Wildman–Crippen LogP) is 3.16. The summed E-state index contributed by atoms with van der Waals surface area (Å²) in [6.07, 6.45) is 3.50. The first-order valence-electron chi connectivity index (χ1n) is 7.67. The molecule has 0 amide bonds. The zero-order chi connectivity index (χ0) is 14.7. The third kappa shape index (κ3) is 3.62. The van der Waals surface area contributed by atoms with Crippen LogP contribution in [0.2, 0.25) is 5.02 Å². The van der Waals surface area contributed by atoms with Crippen LogP contribution in [0.5, 0.6) is 11.5 Å². The van der Waals surface area contributed by atoms with E-state index >= 15 is 0 Å². The van der Waals surface area contributed by atoms with Crippen molar-refractivity contribution in [3.05, 3.63) is 22.7 Å². The molecule has 2 heterocycles. The molecule has 3 rings (SSSR count). The fourth-order valence-electron chi connectivity index (χ4n) is 2.79. The smallest absolute Gasteiger partial charge is 0.179 e. The van der Waals surface area contributed by atoms with Crippen LogP contribution in [0.25, 0.3) is 0 Å². The lowest BCUT2D eigenvalue weighted by atomic mass is 10.1. The summed E-state index contributed by atoms with van der Waals surface area (Å²) in [5, 5.41) is 4.13. The van der Waals surface area contributed by atoms with Gasteiger partial charge in [-0.25, -0.2) is 0 Å². The van der Waals surface area contributed by atoms with Crippen molar-refractivity contribution in [1.82, 2.24) is 5.32 Å². The Morgan fingerprint density at radius 1 is 1.24 bits per heavy atom. The molecule has 1 aromatic rings. The topological polar surface area (TPSA) is 39.7 Å². The van der Waals surface area contributed by atoms with E-state index < -0.39 is 0 Å². The number of benzene rings is 1. The van der Waals surface area contributed by atoms with Crippen molar-refractivity contribution >= 4 is 11.6 Å². The van der Waals surface area contributed by atoms with E-state index in [1.165, 1.54) is 0 Å². The molecule has 2 aliphatic rings. The normalized spacial score (nSPS) is 22.9. The molecule has 0 saturated carbocycles. The first kappa shape index (κ1) is 14.9. The van der Waals surface area contributed by atoms with Crippen LogP contribution in [0.1, 0.15) is 31.7 Å². The van der Waals surface area contributed by atoms with Gasteiger partial charge in [0.2, 0.25) is 0 Å². The van der Waals surface area contributed by atoms with Crippen LogP contribution in [0, 0.1) is 0 Å². The molecule has 1 aromatic carbocycles. The van der Waals surface area contributed by atoms with Crippen LogP contribution >= 0.6 is 11.6 Å². The number of fused-ring (bicyclic) bond motifs is 1. The highest BCUT2D eigenvalue weighted by Gasteiger charge is 2.22. The highest BCUT2D eigenvalue weighted by atomic mass is 35.5. The molecule has 4 nitrogen and oxygen atoms in total. The van der Waals surface area contributed by atoms with Crippen molar-refractivity contribution in [1.29, 1.82) is 0 Å². The summed E-state index contributed by atoms with van der Waals surface area (Å²) in [7, 11) is 0. The first-order valence-corrected chi connectivity index (χ1v) is 8.05. The minimum absolute atomic E-state index is 0.320. The molecule has 0 spiro atoms. The van der Waals surface area contributed by atoms with Crippen LogP contribution in [0.4, 0.5) is 0 Å². The van der Waals surface area contributed by atoms with Gasteiger partial charge >= 0.3 is 0 Å². The van der Waals surface area contributed by atoms with Crippen molar-refractivity contribution in [2.24, 2.45) is 0 Å². The van der Waals surface area contributed by atoms with E-state index in [-0.39, 0.29) is 0 Å². The summed E-state index contributed by atoms with van der Waals surface area (Å²) in [4.78, 5) is 0. The Labute approximate surface area is 130 Å². The lowest BCUT2D eigenvalue weighted by Gasteiger charge is -2.20. The maximum Gasteiger partial charge on any atom is 0.179 e. The number of nitrogens with one attached hydrogen (secondary N) is 1. The molecule has 116 valence electrons. The number of rotatable bonds is 4. The molecule has 0 bridgehead atoms. The fourth-order valence-corrected chi connectivity index (χ4v) is 3.08. The summed E-state index contributed by atoms with van der Waals surface area (Å²) in [5.41, 5.74) is 1.11. The molecule has 1 fully saturated rings. The van der Waals surface area contributed by atoms with Crippen molar-refractivity contribution in [2.45, 2.75) is 44.9 Å². The van der Waals surface area contributed by atoms with Gasteiger partial charge in [-0.1, -0.05) is 11.6 Å². The molecule has 1 N–H and O–H groups in total. The fraction of sp³-hybridized carbons (Fsp3) is 0.625. The first-order chi connectivity index (χ1) is 10.2. The van der Waals surface area contributed by atoms with E-state index in [0.717, 1.165) is 43.7 Å². The zero-order valence-corrected chi connectivity index (χ0v) is 13.1. The van der Waals surface area contributed by atoms with Gasteiger partial charge in [-0.2, -0.15) is 0 Å². The summed E-state index contributed by atoms with van der Waals surface area (Å²) >= 11 is 6.30. The van der Waals surface area contributed by atoms with Crippen LogP contribution in [-0.2, 0) is 11.3 Å². The Morgan fingerprint density at radius 2 is 2.10 bits per heavy atom. The average molecular weight is 312 g/mol. The van der Waals surface area contributed by atoms with Crippen molar-refractivity contribution in [2.75, 3.05) is 19.8 Å². The molecule has 2 aliphatic heterocycles. The summed E-state index contributed by atoms with van der Waals surface area (Å²) in [6, 6.07) is 4.30. The Balaban J connectivity index is 1.65. The largest absolute Gasteiger partial charge is 0.489 e. The van der Waals surface area contributed by atoms with Gasteiger partial charge in [-0.05, 0) is 37.5 Å². The minimum atomic E-state index is 0.320. The number of halogens is 1. The monoisotopic (exact) mass is 311 g/mol. The standard InChI is InChI=1S/C16H22ClNO3/c1-11(14-4-2-5-19-14)18-10-12-8-13(17)16-15(9-12)20-6-3-7-21-16/h8-9,11,14,18H,2-7,10H2,1H3. The Morgan fingerprint density at radius 3 is 2.90 bits per heavy atom. The van der Waals surface area contributed by atoms with Gasteiger partial charge in [0, 0.05) is 25.6 Å². The second-order valence-corrected chi connectivity index (χ2v) is 6.08. The molecular weight excluding hydrogens is 290 g/mol. The maximum atomic E-state index is 6.30. The number of hydrogen-bond acceptors (Lipinski definition) is 4. The van der Waals surface area contributed by atoms with Crippen molar-refractivity contribution < 1.29 is 14.2 Å². The summed E-state index contributed by atoms with van der Waals surface area (Å²) in [6.45, 7) is 5.12. The molecule has 2 atom stereocenters. The van der Waals surface area contributed by atoms with Gasteiger partial charge in [0.15, 0.2) is 11.5 Å². The zero-order valence-electron chi connectivity index (χ0n) is 12.4. The predicted molar refractivity (Wildman–Crippen MR) is 82.3 cm³/mol. The van der Waals surface area contributed by atoms with Gasteiger partial charge < -0.3 is 19.5 Å². The minimum Gasteiger partial charge on any atom is -0.489 e. The molecule has 1 saturated heterocycles. The van der Waals surface area contributed by atoms with Gasteiger partial charge in [-0.15, -0.1) is 0 Å². The van der Waals surface area contributed by atoms with Crippen LogP contribution in [0.3, 0.4) is 0 Å². The van der Waals surface area contributed by atoms with E-state index in [0.29, 0.717) is 36.1 Å². The molecule has 0 aromatic heterocycles. The highest BCUT2D eigenvalue weighted by molar-refractivity contribution is 6.32. The van der Waals surface area contributed by atoms with Gasteiger partial charge in [0.25, 0.3) is 0 Å². The lowest BCUT2D eigenvalue weighted by molar-refractivity contribution is 0.0832. The lowest BCUT2D eigenvalue weighted by Crippen LogP contribution is -2.36. The molecule has 5 heteroatoms. The van der Waals surface area contributed by atoms with E-state index in [2.05, 4.69) is 12.2 Å². The third-order valence-electron chi connectivity index (χ3n) is 4.01. The van der Waals surface area contributed by atoms with E-state index in [4.69, 9.17) is 25.8 Å². The summed E-state index contributed by atoms with van der Waals surface area (Å²) < 4.78 is 17.1. The second kappa shape index (κ2) is 6.86. The average Bonchev–Trinajstić information content (AvgIpc) is 2.91. The maximum absolute atomic E-state index is 6.30. The second-order valence-electron chi connectivity index (χ2n) is 5.68. The highest BCUT2D eigenvalue weighted by Crippen LogP contribution is 2.38. The molecular formula is C16H22ClNO3. The van der Waals surface area contributed by atoms with E-state index in [9.17, 15) is 0 Å². The number of hydrogen-bond donors (Lipinski definition) is 1. The quantitative estimate of drug-likeness (QED) is 0.927. The SMILES string of the molecule is CC(NCc1cc(Cl)c2c(c1)OCCCO2)C1CCCO1. The van der Waals surface area contributed by atoms with Gasteiger partial charge in [0.05, 0.1) is 24.3 Å². The van der Waals surface area contributed by atoms with Crippen molar-refractivity contribution in [3.63, 3.8) is 0 Å². The number of ether oxygens (including phenoxy) is 3. The van der Waals surface area contributed by atoms with Crippen molar-refractivity contribution in [3.8, 4) is 11.5 Å². The molecule has 21 heavy (non-hydrogen) atoms. The van der Waals surface area contributed by atoms with E-state index in [1.54, 1.807) is 0 Å². The summed E-state index contributed by atoms with van der Waals surface area (Å²) in [5.74, 6) is 1.42. The Kier molecular flexibility index (Phi) is 4.88. The van der Waals surface area contributed by atoms with Crippen LogP contribution < -0.4 is 14.8 Å². The third-order valence-corrected chi connectivity index (χ3v) is 4.29. The Hall–Kier alpha value is -0.970. The molecule has 0 aliphatic carbocycles. The Bertz CT molecular complexity index is 489. The molecule has 2 unspecified atom stereocenters. The van der Waals surface area contributed by atoms with Crippen LogP contribution in [-0.4, -0.2) is 32.0 Å². The van der Waals surface area contributed by atoms with Gasteiger partial charge in [0.1, 0.15) is 0 Å². The van der Waals surface area contributed by atoms with Gasteiger partial charge in [-0.3, -0.25) is 0 Å². The van der Waals surface area contributed by atoms with E-state index in [1.807, 2.05) is 12.1 Å². The molecule has 0 radical (unpaired) electrons. The van der Waals surface area contributed by atoms with Crippen LogP contribution in [0.15, 0.2) is 12.1 Å².